The third kappa shape index (κ3) is 29.9. The monoisotopic (exact) mass is 881 g/mol. The predicted molar refractivity (Wildman–Crippen MR) is 273 cm³/mol. The van der Waals surface area contributed by atoms with Crippen LogP contribution >= 0.6 is 0 Å². The van der Waals surface area contributed by atoms with E-state index in [1.165, 1.54) is 214 Å². The number of allylic oxidation sites excluding steroid dienone is 2. The summed E-state index contributed by atoms with van der Waals surface area (Å²) in [5.74, 6) is 0. The number of hydrogen-bond acceptors (Lipinski definition) is 2. The summed E-state index contributed by atoms with van der Waals surface area (Å²) in [7, 11) is 0. The van der Waals surface area contributed by atoms with E-state index in [1.54, 1.807) is 0 Å². The molecule has 0 aliphatic rings. The van der Waals surface area contributed by atoms with Crippen LogP contribution in [-0.4, -0.2) is 11.4 Å². The van der Waals surface area contributed by atoms with Gasteiger partial charge in [-0.1, -0.05) is 214 Å². The molecule has 0 radical (unpaired) electrons. The van der Waals surface area contributed by atoms with Crippen molar-refractivity contribution < 1.29 is 16.5 Å². The van der Waals surface area contributed by atoms with Crippen molar-refractivity contribution in [3.8, 4) is 0 Å². The molecule has 61 heavy (non-hydrogen) atoms. The maximum atomic E-state index is 5.57. The Bertz CT molecular complexity index is 1350. The van der Waals surface area contributed by atoms with Gasteiger partial charge in [-0.2, -0.15) is 0 Å². The molecule has 0 aliphatic heterocycles. The first-order chi connectivity index (χ1) is 29.6. The smallest absolute Gasteiger partial charge is 0.0848 e. The molecule has 0 amide bonds. The van der Waals surface area contributed by atoms with Gasteiger partial charge in [-0.3, -0.25) is 4.99 Å². The van der Waals surface area contributed by atoms with Crippen LogP contribution in [0, 0.1) is 0 Å². The molecule has 0 N–H and O–H groups in total. The van der Waals surface area contributed by atoms with Gasteiger partial charge < -0.3 is 0 Å². The molecule has 0 unspecified atom stereocenters. The average Bonchev–Trinajstić information content (AvgIpc) is 3.26. The molecule has 3 heteroatoms. The maximum Gasteiger partial charge on any atom is 0.0848 e. The van der Waals surface area contributed by atoms with E-state index < -0.39 is 0 Å². The molecule has 0 saturated heterocycles. The van der Waals surface area contributed by atoms with Crippen LogP contribution < -0.4 is 0 Å². The Morgan fingerprint density at radius 2 is 0.672 bits per heavy atom. The summed E-state index contributed by atoms with van der Waals surface area (Å²) in [4.78, 5) is 11.1. The fraction of sp³-hybridized carbons (Fsp3) is 0.724. The van der Waals surface area contributed by atoms with E-state index in [4.69, 9.17) is 9.98 Å². The van der Waals surface area contributed by atoms with Crippen LogP contribution in [0.4, 0.5) is 11.4 Å². The van der Waals surface area contributed by atoms with Crippen LogP contribution in [0.1, 0.15) is 269 Å². The number of aryl methyl sites for hydroxylation is 4. The predicted octanol–water partition coefficient (Wildman–Crippen LogP) is 19.9. The zero-order chi connectivity index (χ0) is 43.1. The van der Waals surface area contributed by atoms with E-state index >= 15 is 0 Å². The molecular formula is C58H98N2Ni. The molecule has 0 saturated carbocycles. The van der Waals surface area contributed by atoms with Crippen molar-refractivity contribution in [2.24, 2.45) is 9.98 Å². The van der Waals surface area contributed by atoms with Crippen LogP contribution in [0.2, 0.25) is 0 Å². The molecule has 2 aromatic rings. The summed E-state index contributed by atoms with van der Waals surface area (Å²) in [6.45, 7) is 13.8. The molecule has 0 bridgehead atoms. The molecule has 0 fully saturated rings. The second-order valence-electron chi connectivity index (χ2n) is 18.5. The van der Waals surface area contributed by atoms with Gasteiger partial charge in [0.1, 0.15) is 0 Å². The fourth-order valence-corrected chi connectivity index (χ4v) is 8.53. The van der Waals surface area contributed by atoms with Crippen LogP contribution in [-0.2, 0) is 42.2 Å². The van der Waals surface area contributed by atoms with Gasteiger partial charge in [0, 0.05) is 16.5 Å². The molecule has 0 heterocycles. The molecular weight excluding hydrogens is 783 g/mol. The SMILES string of the molecule is CCCCCCCCCCCCCCCCCCCC/C=C/C(=Nc1cc(CCCC)cc(CCCC)c1)C(CCCCCC)=Nc1cc(CCCC)cc(CCCC)c1.[Ni]. The van der Waals surface area contributed by atoms with Gasteiger partial charge in [0.2, 0.25) is 0 Å². The van der Waals surface area contributed by atoms with Gasteiger partial charge in [-0.25, -0.2) is 4.99 Å². The number of rotatable bonds is 40. The zero-order valence-corrected chi connectivity index (χ0v) is 42.3. The van der Waals surface area contributed by atoms with Gasteiger partial charge in [0.15, 0.2) is 0 Å². The van der Waals surface area contributed by atoms with Gasteiger partial charge in [-0.15, -0.1) is 0 Å². The minimum Gasteiger partial charge on any atom is -0.251 e. The number of unbranched alkanes of at least 4 members (excludes halogenated alkanes) is 25. The normalized spacial score (nSPS) is 12.2. The largest absolute Gasteiger partial charge is 0.251 e. The first-order valence-electron chi connectivity index (χ1n) is 26.6. The Morgan fingerprint density at radius 1 is 0.361 bits per heavy atom. The van der Waals surface area contributed by atoms with Crippen molar-refractivity contribution >= 4 is 22.8 Å². The van der Waals surface area contributed by atoms with Crippen molar-refractivity contribution in [1.29, 1.82) is 0 Å². The van der Waals surface area contributed by atoms with E-state index in [0.717, 1.165) is 62.0 Å². The Hall–Kier alpha value is -1.99. The van der Waals surface area contributed by atoms with Gasteiger partial charge >= 0.3 is 0 Å². The summed E-state index contributed by atoms with van der Waals surface area (Å²) >= 11 is 0. The molecule has 0 spiro atoms. The quantitative estimate of drug-likeness (QED) is 0.0362. The van der Waals surface area contributed by atoms with Gasteiger partial charge in [0.25, 0.3) is 0 Å². The Kier molecular flexibility index (Phi) is 38.1. The minimum absolute atomic E-state index is 0. The van der Waals surface area contributed by atoms with E-state index in [2.05, 4.69) is 90.1 Å². The van der Waals surface area contributed by atoms with Crippen molar-refractivity contribution in [2.75, 3.05) is 0 Å². The molecule has 0 atom stereocenters. The Morgan fingerprint density at radius 3 is 1.03 bits per heavy atom. The number of nitrogens with zero attached hydrogens (tertiary/aromatic N) is 2. The molecule has 350 valence electrons. The first-order valence-corrected chi connectivity index (χ1v) is 26.6. The van der Waals surface area contributed by atoms with E-state index in [9.17, 15) is 0 Å². The maximum absolute atomic E-state index is 5.57. The Balaban J connectivity index is 0.0000186. The second kappa shape index (κ2) is 40.8. The molecule has 2 nitrogen and oxygen atoms in total. The first kappa shape index (κ1) is 57.0. The summed E-state index contributed by atoms with van der Waals surface area (Å²) < 4.78 is 0. The number of hydrogen-bond donors (Lipinski definition) is 0. The topological polar surface area (TPSA) is 24.7 Å². The van der Waals surface area contributed by atoms with E-state index in [1.807, 2.05) is 0 Å². The average molecular weight is 882 g/mol. The summed E-state index contributed by atoms with van der Waals surface area (Å²) in [6.07, 6.45) is 51.7. The summed E-state index contributed by atoms with van der Waals surface area (Å²) in [6, 6.07) is 14.4. The molecule has 0 aliphatic carbocycles. The van der Waals surface area contributed by atoms with Crippen molar-refractivity contribution in [2.45, 2.75) is 273 Å². The van der Waals surface area contributed by atoms with E-state index in [-0.39, 0.29) is 16.5 Å². The molecule has 2 rings (SSSR count). The zero-order valence-electron chi connectivity index (χ0n) is 41.3. The molecule has 2 aromatic carbocycles. The standard InChI is InChI=1S/C58H98N2.Ni/c1-7-13-19-21-22-23-24-25-26-27-28-29-30-31-32-33-34-35-36-38-44-58(60-56-49-53(41-17-11-5)46-54(50-56)42-18-12-6)57(43-37-20-14-8-2)59-55-47-51(39-15-9-3)45-52(48-55)40-16-10-4;/h38,44-50H,7-37,39-43H2,1-6H3;/b44-38+,59-57?,60-58?;. The van der Waals surface area contributed by atoms with Crippen LogP contribution in [0.5, 0.6) is 0 Å². The van der Waals surface area contributed by atoms with Crippen molar-refractivity contribution in [3.63, 3.8) is 0 Å². The van der Waals surface area contributed by atoms with Gasteiger partial charge in [0.05, 0.1) is 22.8 Å². The minimum atomic E-state index is 0. The molecule has 0 aromatic heterocycles. The summed E-state index contributed by atoms with van der Waals surface area (Å²) in [5.41, 5.74) is 10.3. The fourth-order valence-electron chi connectivity index (χ4n) is 8.53. The van der Waals surface area contributed by atoms with Crippen LogP contribution in [0.25, 0.3) is 0 Å². The van der Waals surface area contributed by atoms with Crippen LogP contribution in [0.3, 0.4) is 0 Å². The number of aliphatic imine (C=N–C) groups is 2. The third-order valence-electron chi connectivity index (χ3n) is 12.4. The van der Waals surface area contributed by atoms with Crippen molar-refractivity contribution in [3.05, 3.63) is 70.8 Å². The van der Waals surface area contributed by atoms with Crippen molar-refractivity contribution in [1.82, 2.24) is 0 Å². The Labute approximate surface area is 390 Å². The van der Waals surface area contributed by atoms with E-state index in [0.29, 0.717) is 0 Å². The number of benzene rings is 2. The second-order valence-corrected chi connectivity index (χ2v) is 18.5. The van der Waals surface area contributed by atoms with Gasteiger partial charge in [-0.05, 0) is 130 Å². The third-order valence-corrected chi connectivity index (χ3v) is 12.4. The summed E-state index contributed by atoms with van der Waals surface area (Å²) in [5, 5.41) is 0. The van der Waals surface area contributed by atoms with Crippen LogP contribution in [0.15, 0.2) is 58.5 Å².